The molecule has 0 amide bonds. The van der Waals surface area contributed by atoms with Crippen LogP contribution in [-0.2, 0) is 9.53 Å². The van der Waals surface area contributed by atoms with E-state index < -0.39 is 5.97 Å². The number of aliphatic hydroxyl groups excluding tert-OH is 1. The molecule has 0 aromatic heterocycles. The zero-order valence-electron chi connectivity index (χ0n) is 16.5. The maximum absolute atomic E-state index is 12.5. The zero-order valence-corrected chi connectivity index (χ0v) is 16.5. The first-order chi connectivity index (χ1) is 12.6. The third-order valence-corrected chi connectivity index (χ3v) is 4.41. The molecular weight excluding hydrogens is 350 g/mol. The molecule has 0 spiro atoms. The minimum absolute atomic E-state index is 0.0117. The number of methoxy groups -OCH3 is 3. The van der Waals surface area contributed by atoms with E-state index in [0.717, 1.165) is 0 Å². The van der Waals surface area contributed by atoms with Crippen LogP contribution < -0.4 is 9.47 Å². The van der Waals surface area contributed by atoms with Crippen LogP contribution >= 0.6 is 0 Å². The van der Waals surface area contributed by atoms with Gasteiger partial charge in [0.05, 0.1) is 43.9 Å². The number of aliphatic hydroxyl groups is 1. The van der Waals surface area contributed by atoms with Gasteiger partial charge in [-0.2, -0.15) is 0 Å². The standard InChI is InChI=1S/C20H25NO6/c1-11(18-14(22)9-20(2,3)10-15(18)23)21-13-8-17(26-5)16(25-4)7-12(13)19(24)27-6/h7-8,22H,9-10H2,1-6H3. The summed E-state index contributed by atoms with van der Waals surface area (Å²) in [5, 5.41) is 10.4. The Balaban J connectivity index is 2.60. The number of aliphatic imine (C=N–C) groups is 1. The second-order valence-corrected chi connectivity index (χ2v) is 7.18. The lowest BCUT2D eigenvalue weighted by molar-refractivity contribution is -0.117. The van der Waals surface area contributed by atoms with E-state index in [1.54, 1.807) is 6.92 Å². The number of ketones is 1. The van der Waals surface area contributed by atoms with Crippen molar-refractivity contribution in [3.63, 3.8) is 0 Å². The predicted molar refractivity (Wildman–Crippen MR) is 101 cm³/mol. The van der Waals surface area contributed by atoms with Crippen molar-refractivity contribution in [1.82, 2.24) is 0 Å². The van der Waals surface area contributed by atoms with Crippen molar-refractivity contribution in [1.29, 1.82) is 0 Å². The van der Waals surface area contributed by atoms with E-state index >= 15 is 0 Å². The molecule has 1 aliphatic carbocycles. The summed E-state index contributed by atoms with van der Waals surface area (Å²) in [6.45, 7) is 5.47. The van der Waals surface area contributed by atoms with Crippen molar-refractivity contribution >= 4 is 23.2 Å². The largest absolute Gasteiger partial charge is 0.511 e. The first kappa shape index (κ1) is 20.5. The van der Waals surface area contributed by atoms with Crippen LogP contribution in [0, 0.1) is 5.41 Å². The van der Waals surface area contributed by atoms with Crippen LogP contribution in [0.15, 0.2) is 28.5 Å². The third kappa shape index (κ3) is 4.30. The van der Waals surface area contributed by atoms with E-state index in [9.17, 15) is 14.7 Å². The quantitative estimate of drug-likeness (QED) is 0.622. The van der Waals surface area contributed by atoms with Gasteiger partial charge in [-0.15, -0.1) is 0 Å². The fourth-order valence-electron chi connectivity index (χ4n) is 3.17. The van der Waals surface area contributed by atoms with Gasteiger partial charge in [0.25, 0.3) is 0 Å². The van der Waals surface area contributed by atoms with Gasteiger partial charge in [0, 0.05) is 25.0 Å². The first-order valence-electron chi connectivity index (χ1n) is 8.49. The Morgan fingerprint density at radius 3 is 2.22 bits per heavy atom. The highest BCUT2D eigenvalue weighted by Gasteiger charge is 2.34. The van der Waals surface area contributed by atoms with Gasteiger partial charge in [0.2, 0.25) is 0 Å². The third-order valence-electron chi connectivity index (χ3n) is 4.41. The van der Waals surface area contributed by atoms with Crippen molar-refractivity contribution in [2.45, 2.75) is 33.6 Å². The Labute approximate surface area is 158 Å². The van der Waals surface area contributed by atoms with Crippen LogP contribution in [0.4, 0.5) is 5.69 Å². The summed E-state index contributed by atoms with van der Waals surface area (Å²) in [6, 6.07) is 3.00. The van der Waals surface area contributed by atoms with Crippen molar-refractivity contribution in [3.8, 4) is 11.5 Å². The molecule has 0 atom stereocenters. The summed E-state index contributed by atoms with van der Waals surface area (Å²) in [6.07, 6.45) is 0.700. The summed E-state index contributed by atoms with van der Waals surface area (Å²) >= 11 is 0. The van der Waals surface area contributed by atoms with E-state index in [-0.39, 0.29) is 33.8 Å². The summed E-state index contributed by atoms with van der Waals surface area (Å²) in [5.74, 6) is -0.0300. The Kier molecular flexibility index (Phi) is 5.93. The van der Waals surface area contributed by atoms with E-state index in [1.807, 2.05) is 13.8 Å². The van der Waals surface area contributed by atoms with Gasteiger partial charge in [0.1, 0.15) is 5.76 Å². The van der Waals surface area contributed by atoms with Crippen molar-refractivity contribution in [2.24, 2.45) is 10.4 Å². The molecule has 0 bridgehead atoms. The number of carbonyl (C=O) groups is 2. The number of hydrogen-bond donors (Lipinski definition) is 1. The number of allylic oxidation sites excluding steroid dienone is 2. The number of Topliss-reactive ketones (excluding diaryl/α,β-unsaturated/α-hetero) is 1. The topological polar surface area (TPSA) is 94.4 Å². The lowest BCUT2D eigenvalue weighted by Crippen LogP contribution is -2.28. The Bertz CT molecular complexity index is 835. The van der Waals surface area contributed by atoms with E-state index in [0.29, 0.717) is 30.1 Å². The Hall–Kier alpha value is -2.83. The molecule has 0 heterocycles. The van der Waals surface area contributed by atoms with E-state index in [2.05, 4.69) is 4.99 Å². The van der Waals surface area contributed by atoms with Gasteiger partial charge < -0.3 is 19.3 Å². The molecule has 7 heteroatoms. The summed E-state index contributed by atoms with van der Waals surface area (Å²) < 4.78 is 15.3. The average molecular weight is 375 g/mol. The monoisotopic (exact) mass is 375 g/mol. The fraction of sp³-hybridized carbons (Fsp3) is 0.450. The number of rotatable bonds is 5. The smallest absolute Gasteiger partial charge is 0.340 e. The molecule has 7 nitrogen and oxygen atoms in total. The first-order valence-corrected chi connectivity index (χ1v) is 8.49. The van der Waals surface area contributed by atoms with Gasteiger partial charge in [-0.3, -0.25) is 9.79 Å². The molecule has 1 aliphatic rings. The molecule has 0 aliphatic heterocycles. The van der Waals surface area contributed by atoms with Crippen LogP contribution in [0.2, 0.25) is 0 Å². The highest BCUT2D eigenvalue weighted by molar-refractivity contribution is 6.23. The molecule has 146 valence electrons. The second-order valence-electron chi connectivity index (χ2n) is 7.18. The van der Waals surface area contributed by atoms with Crippen LogP contribution in [0.25, 0.3) is 0 Å². The lowest BCUT2D eigenvalue weighted by atomic mass is 9.76. The Morgan fingerprint density at radius 2 is 1.70 bits per heavy atom. The Morgan fingerprint density at radius 1 is 1.11 bits per heavy atom. The van der Waals surface area contributed by atoms with Crippen LogP contribution in [0.5, 0.6) is 11.5 Å². The lowest BCUT2D eigenvalue weighted by Gasteiger charge is -2.29. The molecule has 27 heavy (non-hydrogen) atoms. The summed E-state index contributed by atoms with van der Waals surface area (Å²) in [4.78, 5) is 29.1. The number of esters is 1. The van der Waals surface area contributed by atoms with Crippen LogP contribution in [0.1, 0.15) is 44.0 Å². The molecule has 1 aromatic carbocycles. The normalized spacial score (nSPS) is 17.0. The predicted octanol–water partition coefficient (Wildman–Crippen LogP) is 3.78. The van der Waals surface area contributed by atoms with Gasteiger partial charge in [-0.25, -0.2) is 4.79 Å². The van der Waals surface area contributed by atoms with Crippen LogP contribution in [-0.4, -0.2) is 43.9 Å². The SMILES string of the molecule is COC(=O)c1cc(OC)c(OC)cc1N=C(C)C1=C(O)CC(C)(C)CC1=O. The van der Waals surface area contributed by atoms with Gasteiger partial charge in [0.15, 0.2) is 17.3 Å². The van der Waals surface area contributed by atoms with Gasteiger partial charge >= 0.3 is 5.97 Å². The number of hydrogen-bond acceptors (Lipinski definition) is 7. The molecule has 0 saturated carbocycles. The molecule has 0 saturated heterocycles. The molecule has 1 N–H and O–H groups in total. The minimum Gasteiger partial charge on any atom is -0.511 e. The number of carbonyl (C=O) groups excluding carboxylic acids is 2. The number of benzene rings is 1. The molecule has 1 aromatic rings. The number of ether oxygens (including phenoxy) is 3. The highest BCUT2D eigenvalue weighted by atomic mass is 16.5. The highest BCUT2D eigenvalue weighted by Crippen LogP contribution is 2.38. The number of nitrogens with zero attached hydrogens (tertiary/aromatic N) is 1. The summed E-state index contributed by atoms with van der Waals surface area (Å²) in [7, 11) is 4.19. The van der Waals surface area contributed by atoms with Crippen molar-refractivity contribution in [3.05, 3.63) is 29.0 Å². The van der Waals surface area contributed by atoms with Crippen molar-refractivity contribution in [2.75, 3.05) is 21.3 Å². The van der Waals surface area contributed by atoms with Gasteiger partial charge in [-0.1, -0.05) is 13.8 Å². The van der Waals surface area contributed by atoms with E-state index in [4.69, 9.17) is 14.2 Å². The summed E-state index contributed by atoms with van der Waals surface area (Å²) in [5.41, 5.74) is 0.643. The molecule has 0 radical (unpaired) electrons. The maximum Gasteiger partial charge on any atom is 0.340 e. The molecule has 0 fully saturated rings. The molecule has 0 unspecified atom stereocenters. The minimum atomic E-state index is -0.600. The van der Waals surface area contributed by atoms with Crippen LogP contribution in [0.3, 0.4) is 0 Å². The van der Waals surface area contributed by atoms with E-state index in [1.165, 1.54) is 33.5 Å². The van der Waals surface area contributed by atoms with Gasteiger partial charge in [-0.05, 0) is 12.3 Å². The molecule has 2 rings (SSSR count). The average Bonchev–Trinajstić information content (AvgIpc) is 2.58. The maximum atomic E-state index is 12.5. The zero-order chi connectivity index (χ0) is 20.4. The molecular formula is C20H25NO6. The fourth-order valence-corrected chi connectivity index (χ4v) is 3.17. The van der Waals surface area contributed by atoms with Crippen molar-refractivity contribution < 1.29 is 28.9 Å². The second kappa shape index (κ2) is 7.82.